The number of hydrogen-bond donors (Lipinski definition) is 3. The van der Waals surface area contributed by atoms with Crippen LogP contribution in [0.25, 0.3) is 0 Å². The average Bonchev–Trinajstić information content (AvgIpc) is 2.80. The van der Waals surface area contributed by atoms with E-state index in [1.165, 1.54) is 12.1 Å². The third-order valence-corrected chi connectivity index (χ3v) is 2.99. The van der Waals surface area contributed by atoms with Crippen molar-refractivity contribution in [3.8, 4) is 0 Å². The van der Waals surface area contributed by atoms with Crippen LogP contribution in [-0.2, 0) is 6.54 Å². The van der Waals surface area contributed by atoms with Crippen molar-refractivity contribution in [3.05, 3.63) is 47.0 Å². The molecule has 0 spiro atoms. The predicted octanol–water partition coefficient (Wildman–Crippen LogP) is 2.18. The van der Waals surface area contributed by atoms with Crippen molar-refractivity contribution in [2.75, 3.05) is 5.73 Å². The van der Waals surface area contributed by atoms with Crippen molar-refractivity contribution in [3.63, 3.8) is 0 Å². The minimum Gasteiger partial charge on any atom is -0.395 e. The van der Waals surface area contributed by atoms with E-state index < -0.39 is 0 Å². The molecule has 0 bridgehead atoms. The average molecular weight is 276 g/mol. The molecule has 0 fully saturated rings. The van der Waals surface area contributed by atoms with E-state index in [-0.39, 0.29) is 23.3 Å². The van der Waals surface area contributed by atoms with E-state index >= 15 is 0 Å². The minimum absolute atomic E-state index is 0.168. The van der Waals surface area contributed by atoms with Crippen LogP contribution in [0, 0.1) is 5.82 Å². The summed E-state index contributed by atoms with van der Waals surface area (Å²) in [5.41, 5.74) is 8.00. The summed E-state index contributed by atoms with van der Waals surface area (Å²) in [7, 11) is 0. The molecule has 0 saturated carbocycles. The number of rotatable bonds is 4. The van der Waals surface area contributed by atoms with Crippen LogP contribution in [-0.4, -0.2) is 16.1 Å². The third kappa shape index (κ3) is 2.96. The molecule has 0 aliphatic heterocycles. The summed E-state index contributed by atoms with van der Waals surface area (Å²) in [6, 6.07) is 5.93. The number of nitrogens with two attached hydrogens (primary N) is 1. The van der Waals surface area contributed by atoms with Gasteiger partial charge in [0.2, 0.25) is 0 Å². The molecule has 0 aliphatic rings. The zero-order valence-electron chi connectivity index (χ0n) is 11.4. The summed E-state index contributed by atoms with van der Waals surface area (Å²) in [6.45, 7) is 4.22. The van der Waals surface area contributed by atoms with Gasteiger partial charge in [0.05, 0.1) is 11.4 Å². The van der Waals surface area contributed by atoms with Crippen molar-refractivity contribution in [1.29, 1.82) is 0 Å². The van der Waals surface area contributed by atoms with Crippen molar-refractivity contribution in [2.24, 2.45) is 0 Å². The van der Waals surface area contributed by atoms with Crippen molar-refractivity contribution < 1.29 is 9.18 Å². The van der Waals surface area contributed by atoms with E-state index in [1.807, 2.05) is 13.8 Å². The fraction of sp³-hybridized carbons (Fsp3) is 0.286. The number of carbonyl (C=O) groups is 1. The minimum atomic E-state index is -0.352. The van der Waals surface area contributed by atoms with Crippen molar-refractivity contribution >= 4 is 11.6 Å². The molecule has 20 heavy (non-hydrogen) atoms. The maximum absolute atomic E-state index is 12.8. The summed E-state index contributed by atoms with van der Waals surface area (Å²) < 4.78 is 12.8. The second kappa shape index (κ2) is 5.73. The lowest BCUT2D eigenvalue weighted by molar-refractivity contribution is 0.0947. The number of hydrogen-bond acceptors (Lipinski definition) is 3. The van der Waals surface area contributed by atoms with Gasteiger partial charge in [-0.15, -0.1) is 0 Å². The molecule has 106 valence electrons. The Morgan fingerprint density at radius 1 is 1.40 bits per heavy atom. The van der Waals surface area contributed by atoms with Gasteiger partial charge in [-0.25, -0.2) is 4.39 Å². The van der Waals surface area contributed by atoms with Gasteiger partial charge in [-0.1, -0.05) is 26.0 Å². The zero-order valence-corrected chi connectivity index (χ0v) is 11.4. The summed E-state index contributed by atoms with van der Waals surface area (Å²) >= 11 is 0. The van der Waals surface area contributed by atoms with Crippen molar-refractivity contribution in [2.45, 2.75) is 26.3 Å². The first-order valence-corrected chi connectivity index (χ1v) is 6.35. The lowest BCUT2D eigenvalue weighted by Gasteiger charge is -2.05. The molecule has 0 radical (unpaired) electrons. The lowest BCUT2D eigenvalue weighted by Crippen LogP contribution is -2.24. The maximum Gasteiger partial charge on any atom is 0.274 e. The SMILES string of the molecule is CC(C)c1[nH]nc(C(=O)NCc2ccc(F)cc2)c1N. The highest BCUT2D eigenvalue weighted by atomic mass is 19.1. The van der Waals surface area contributed by atoms with E-state index in [0.29, 0.717) is 12.2 Å². The number of aromatic nitrogens is 2. The molecule has 4 N–H and O–H groups in total. The van der Waals surface area contributed by atoms with Gasteiger partial charge in [-0.3, -0.25) is 9.89 Å². The smallest absolute Gasteiger partial charge is 0.274 e. The van der Waals surface area contributed by atoms with Crippen LogP contribution in [0.3, 0.4) is 0 Å². The summed E-state index contributed by atoms with van der Waals surface area (Å²) in [4.78, 5) is 12.0. The number of aromatic amines is 1. The Balaban J connectivity index is 2.03. The molecule has 1 amide bonds. The number of nitrogens with zero attached hydrogens (tertiary/aromatic N) is 1. The van der Waals surface area contributed by atoms with E-state index in [1.54, 1.807) is 12.1 Å². The number of anilines is 1. The summed E-state index contributed by atoms with van der Waals surface area (Å²) in [5.74, 6) is -0.491. The highest BCUT2D eigenvalue weighted by molar-refractivity contribution is 5.97. The van der Waals surface area contributed by atoms with Crippen LogP contribution in [0.5, 0.6) is 0 Å². The summed E-state index contributed by atoms with van der Waals surface area (Å²) in [5, 5.41) is 9.42. The third-order valence-electron chi connectivity index (χ3n) is 2.99. The van der Waals surface area contributed by atoms with Gasteiger partial charge >= 0.3 is 0 Å². The molecule has 2 aromatic rings. The van der Waals surface area contributed by atoms with Crippen LogP contribution in [0.4, 0.5) is 10.1 Å². The monoisotopic (exact) mass is 276 g/mol. The first-order valence-electron chi connectivity index (χ1n) is 6.35. The second-order valence-electron chi connectivity index (χ2n) is 4.86. The highest BCUT2D eigenvalue weighted by Crippen LogP contribution is 2.21. The van der Waals surface area contributed by atoms with E-state index in [0.717, 1.165) is 11.3 Å². The molecule has 5 nitrogen and oxygen atoms in total. The molecular formula is C14H17FN4O. The molecule has 2 rings (SSSR count). The van der Waals surface area contributed by atoms with E-state index in [4.69, 9.17) is 5.73 Å². The number of carbonyl (C=O) groups excluding carboxylic acids is 1. The Morgan fingerprint density at radius 2 is 2.05 bits per heavy atom. The largest absolute Gasteiger partial charge is 0.395 e. The fourth-order valence-electron chi connectivity index (χ4n) is 1.85. The van der Waals surface area contributed by atoms with Crippen LogP contribution >= 0.6 is 0 Å². The van der Waals surface area contributed by atoms with Gasteiger partial charge in [0, 0.05) is 6.54 Å². The van der Waals surface area contributed by atoms with Crippen LogP contribution in [0.1, 0.15) is 41.5 Å². The molecule has 0 atom stereocenters. The van der Waals surface area contributed by atoms with E-state index in [2.05, 4.69) is 15.5 Å². The molecule has 6 heteroatoms. The number of amides is 1. The molecule has 1 aromatic carbocycles. The summed E-state index contributed by atoms with van der Waals surface area (Å²) in [6.07, 6.45) is 0. The molecule has 0 unspecified atom stereocenters. The van der Waals surface area contributed by atoms with Crippen LogP contribution < -0.4 is 11.1 Å². The number of benzene rings is 1. The molecule has 0 aliphatic carbocycles. The topological polar surface area (TPSA) is 83.8 Å². The zero-order chi connectivity index (χ0) is 14.7. The Labute approximate surface area is 116 Å². The number of nitrogens with one attached hydrogen (secondary N) is 2. The standard InChI is InChI=1S/C14H17FN4O/c1-8(2)12-11(16)13(19-18-12)14(20)17-7-9-3-5-10(15)6-4-9/h3-6,8H,7,16H2,1-2H3,(H,17,20)(H,18,19). The number of nitrogen functional groups attached to an aromatic ring is 1. The molecule has 0 saturated heterocycles. The van der Waals surface area contributed by atoms with Gasteiger partial charge in [-0.2, -0.15) is 5.10 Å². The van der Waals surface area contributed by atoms with Gasteiger partial charge in [0.1, 0.15) is 5.82 Å². The first-order chi connectivity index (χ1) is 9.49. The molecular weight excluding hydrogens is 259 g/mol. The van der Waals surface area contributed by atoms with Crippen LogP contribution in [0.2, 0.25) is 0 Å². The quantitative estimate of drug-likeness (QED) is 0.800. The molecule has 1 aromatic heterocycles. The van der Waals surface area contributed by atoms with Gasteiger partial charge in [0.25, 0.3) is 5.91 Å². The Kier molecular flexibility index (Phi) is 4.02. The lowest BCUT2D eigenvalue weighted by atomic mass is 10.1. The number of H-pyrrole nitrogens is 1. The van der Waals surface area contributed by atoms with Gasteiger partial charge in [0.15, 0.2) is 5.69 Å². The number of halogens is 1. The predicted molar refractivity (Wildman–Crippen MR) is 74.7 cm³/mol. The first kappa shape index (κ1) is 14.0. The Hall–Kier alpha value is -2.37. The fourth-order valence-corrected chi connectivity index (χ4v) is 1.85. The van der Waals surface area contributed by atoms with Crippen LogP contribution in [0.15, 0.2) is 24.3 Å². The van der Waals surface area contributed by atoms with Crippen molar-refractivity contribution in [1.82, 2.24) is 15.5 Å². The Morgan fingerprint density at radius 3 is 2.60 bits per heavy atom. The second-order valence-corrected chi connectivity index (χ2v) is 4.86. The maximum atomic E-state index is 12.8. The normalized spacial score (nSPS) is 10.8. The van der Waals surface area contributed by atoms with Gasteiger partial charge in [-0.05, 0) is 23.6 Å². The molecule has 1 heterocycles. The van der Waals surface area contributed by atoms with E-state index in [9.17, 15) is 9.18 Å². The Bertz CT molecular complexity index is 604. The van der Waals surface area contributed by atoms with Gasteiger partial charge < -0.3 is 11.1 Å². The highest BCUT2D eigenvalue weighted by Gasteiger charge is 2.18.